The maximum atomic E-state index is 12.9. The number of aryl methyl sites for hydroxylation is 2. The quantitative estimate of drug-likeness (QED) is 0.831. The van der Waals surface area contributed by atoms with Gasteiger partial charge in [0.25, 0.3) is 10.0 Å². The van der Waals surface area contributed by atoms with Crippen LogP contribution in [0.3, 0.4) is 0 Å². The molecule has 0 radical (unpaired) electrons. The van der Waals surface area contributed by atoms with Gasteiger partial charge in [-0.25, -0.2) is 8.42 Å². The summed E-state index contributed by atoms with van der Waals surface area (Å²) in [6.07, 6.45) is 2.80. The Hall–Kier alpha value is -2.74. The van der Waals surface area contributed by atoms with Crippen LogP contribution in [0, 0.1) is 0 Å². The van der Waals surface area contributed by atoms with Gasteiger partial charge < -0.3 is 14.4 Å². The molecule has 1 amide bonds. The summed E-state index contributed by atoms with van der Waals surface area (Å²) < 4.78 is 38.8. The molecule has 0 atom stereocenters. The van der Waals surface area contributed by atoms with Crippen molar-refractivity contribution in [2.45, 2.75) is 30.6 Å². The molecule has 0 saturated carbocycles. The lowest BCUT2D eigenvalue weighted by Crippen LogP contribution is -2.39. The lowest BCUT2D eigenvalue weighted by molar-refractivity contribution is -0.119. The van der Waals surface area contributed by atoms with E-state index in [9.17, 15) is 13.2 Å². The van der Waals surface area contributed by atoms with E-state index >= 15 is 0 Å². The van der Waals surface area contributed by atoms with Gasteiger partial charge in [0, 0.05) is 24.7 Å². The smallest absolute Gasteiger partial charge is 0.262 e. The molecule has 2 aromatic rings. The van der Waals surface area contributed by atoms with Gasteiger partial charge in [0.1, 0.15) is 0 Å². The molecule has 2 aromatic carbocycles. The summed E-state index contributed by atoms with van der Waals surface area (Å²) in [6, 6.07) is 8.15. The van der Waals surface area contributed by atoms with E-state index in [1.165, 1.54) is 26.4 Å². The molecular formula is C20H22N2O5S. The minimum atomic E-state index is -3.79. The monoisotopic (exact) mass is 402 g/mol. The highest BCUT2D eigenvalue weighted by atomic mass is 32.2. The van der Waals surface area contributed by atoms with E-state index in [1.807, 2.05) is 17.0 Å². The number of anilines is 2. The van der Waals surface area contributed by atoms with Crippen molar-refractivity contribution in [2.75, 3.05) is 30.4 Å². The van der Waals surface area contributed by atoms with Crippen molar-refractivity contribution < 1.29 is 22.7 Å². The van der Waals surface area contributed by atoms with Crippen molar-refractivity contribution in [3.8, 4) is 11.5 Å². The number of hydrogen-bond donors (Lipinski definition) is 1. The Bertz CT molecular complexity index is 1030. The Labute approximate surface area is 164 Å². The highest BCUT2D eigenvalue weighted by Crippen LogP contribution is 2.38. The highest BCUT2D eigenvalue weighted by Gasteiger charge is 2.30. The minimum Gasteiger partial charge on any atom is -0.493 e. The number of amides is 1. The Morgan fingerprint density at radius 1 is 0.964 bits per heavy atom. The van der Waals surface area contributed by atoms with Gasteiger partial charge in [-0.3, -0.25) is 9.52 Å². The highest BCUT2D eigenvalue weighted by molar-refractivity contribution is 7.92. The maximum Gasteiger partial charge on any atom is 0.262 e. The average molecular weight is 402 g/mol. The number of carbonyl (C=O) groups is 1. The van der Waals surface area contributed by atoms with Crippen LogP contribution >= 0.6 is 0 Å². The molecule has 0 fully saturated rings. The molecular weight excluding hydrogens is 380 g/mol. The van der Waals surface area contributed by atoms with Crippen LogP contribution in [0.5, 0.6) is 11.5 Å². The first kappa shape index (κ1) is 18.6. The summed E-state index contributed by atoms with van der Waals surface area (Å²) in [4.78, 5) is 14.1. The summed E-state index contributed by atoms with van der Waals surface area (Å²) in [5, 5.41) is 0. The van der Waals surface area contributed by atoms with E-state index < -0.39 is 10.0 Å². The molecule has 0 saturated heterocycles. The number of rotatable bonds is 5. The van der Waals surface area contributed by atoms with Gasteiger partial charge in [-0.2, -0.15) is 0 Å². The number of nitrogens with one attached hydrogen (secondary N) is 1. The Morgan fingerprint density at radius 2 is 1.68 bits per heavy atom. The minimum absolute atomic E-state index is 0.0910. The van der Waals surface area contributed by atoms with Gasteiger partial charge in [0.2, 0.25) is 5.91 Å². The summed E-state index contributed by atoms with van der Waals surface area (Å²) >= 11 is 0. The van der Waals surface area contributed by atoms with E-state index in [4.69, 9.17) is 9.47 Å². The standard InChI is InChI=1S/C20H22N2O5S/c1-26-17-7-6-16(12-18(17)27-2)28(24,25)21-15-10-13-4-3-9-22-19(23)8-5-14(11-15)20(13)22/h6-7,10-12,21H,3-5,8-9H2,1-2H3. The fourth-order valence-electron chi connectivity index (χ4n) is 3.91. The first-order valence-corrected chi connectivity index (χ1v) is 10.6. The number of benzene rings is 2. The predicted molar refractivity (Wildman–Crippen MR) is 106 cm³/mol. The topological polar surface area (TPSA) is 84.9 Å². The number of ether oxygens (including phenoxy) is 2. The third-order valence-corrected chi connectivity index (χ3v) is 6.57. The molecule has 7 nitrogen and oxygen atoms in total. The molecule has 0 spiro atoms. The van der Waals surface area contributed by atoms with E-state index in [-0.39, 0.29) is 10.8 Å². The number of carbonyl (C=O) groups excluding carboxylic acids is 1. The second kappa shape index (κ2) is 7.01. The van der Waals surface area contributed by atoms with Crippen LogP contribution in [0.4, 0.5) is 11.4 Å². The first-order valence-electron chi connectivity index (χ1n) is 9.14. The lowest BCUT2D eigenvalue weighted by atomic mass is 9.91. The summed E-state index contributed by atoms with van der Waals surface area (Å²) in [5.74, 6) is 0.955. The van der Waals surface area contributed by atoms with E-state index in [2.05, 4.69) is 4.72 Å². The Morgan fingerprint density at radius 3 is 2.39 bits per heavy atom. The van der Waals surface area contributed by atoms with Gasteiger partial charge in [0.05, 0.1) is 24.8 Å². The molecule has 148 valence electrons. The maximum absolute atomic E-state index is 12.9. The molecule has 0 unspecified atom stereocenters. The molecule has 0 aliphatic carbocycles. The zero-order valence-electron chi connectivity index (χ0n) is 15.8. The zero-order chi connectivity index (χ0) is 19.9. The van der Waals surface area contributed by atoms with Crippen LogP contribution in [0.25, 0.3) is 0 Å². The average Bonchev–Trinajstić information content (AvgIpc) is 2.69. The second-order valence-corrected chi connectivity index (χ2v) is 8.60. The van der Waals surface area contributed by atoms with Crippen LogP contribution in [-0.2, 0) is 27.7 Å². The summed E-state index contributed by atoms with van der Waals surface area (Å²) in [7, 11) is -0.837. The molecule has 8 heteroatoms. The predicted octanol–water partition coefficient (Wildman–Crippen LogP) is 2.73. The first-order chi connectivity index (χ1) is 13.4. The molecule has 0 bridgehead atoms. The second-order valence-electron chi connectivity index (χ2n) is 6.91. The molecule has 0 aromatic heterocycles. The summed E-state index contributed by atoms with van der Waals surface area (Å²) in [5.41, 5.74) is 3.51. The SMILES string of the molecule is COc1ccc(S(=O)(=O)Nc2cc3c4c(c2)CCC(=O)N4CCC3)cc1OC. The van der Waals surface area contributed by atoms with Crippen LogP contribution in [0.15, 0.2) is 35.2 Å². The van der Waals surface area contributed by atoms with Crippen LogP contribution < -0.4 is 19.1 Å². The van der Waals surface area contributed by atoms with E-state index in [0.29, 0.717) is 30.0 Å². The van der Waals surface area contributed by atoms with Crippen LogP contribution in [0.1, 0.15) is 24.0 Å². The van der Waals surface area contributed by atoms with Crippen molar-refractivity contribution >= 4 is 27.3 Å². The largest absolute Gasteiger partial charge is 0.493 e. The number of methoxy groups -OCH3 is 2. The Kier molecular flexibility index (Phi) is 4.66. The van der Waals surface area contributed by atoms with Crippen LogP contribution in [-0.4, -0.2) is 35.1 Å². The molecule has 4 rings (SSSR count). The van der Waals surface area contributed by atoms with Gasteiger partial charge in [-0.05, 0) is 54.7 Å². The van der Waals surface area contributed by atoms with Crippen molar-refractivity contribution in [3.05, 3.63) is 41.5 Å². The Balaban J connectivity index is 1.69. The zero-order valence-corrected chi connectivity index (χ0v) is 16.6. The van der Waals surface area contributed by atoms with Crippen molar-refractivity contribution in [3.63, 3.8) is 0 Å². The van der Waals surface area contributed by atoms with Crippen molar-refractivity contribution in [2.24, 2.45) is 0 Å². The van der Waals surface area contributed by atoms with Gasteiger partial charge in [-0.1, -0.05) is 0 Å². The third kappa shape index (κ3) is 3.17. The molecule has 1 N–H and O–H groups in total. The van der Waals surface area contributed by atoms with Gasteiger partial charge >= 0.3 is 0 Å². The number of nitrogens with zero attached hydrogens (tertiary/aromatic N) is 1. The molecule has 2 heterocycles. The molecule has 2 aliphatic heterocycles. The number of hydrogen-bond acceptors (Lipinski definition) is 5. The third-order valence-electron chi connectivity index (χ3n) is 5.19. The van der Waals surface area contributed by atoms with Crippen LogP contribution in [0.2, 0.25) is 0 Å². The number of sulfonamides is 1. The fraction of sp³-hybridized carbons (Fsp3) is 0.350. The summed E-state index contributed by atoms with van der Waals surface area (Å²) in [6.45, 7) is 0.732. The fourth-order valence-corrected chi connectivity index (χ4v) is 4.97. The van der Waals surface area contributed by atoms with Gasteiger partial charge in [-0.15, -0.1) is 0 Å². The van der Waals surface area contributed by atoms with Crippen molar-refractivity contribution in [1.29, 1.82) is 0 Å². The molecule has 28 heavy (non-hydrogen) atoms. The van der Waals surface area contributed by atoms with Crippen molar-refractivity contribution in [1.82, 2.24) is 0 Å². The van der Waals surface area contributed by atoms with Gasteiger partial charge in [0.15, 0.2) is 11.5 Å². The van der Waals surface area contributed by atoms with E-state index in [0.717, 1.165) is 36.2 Å². The lowest BCUT2D eigenvalue weighted by Gasteiger charge is -2.35. The molecule has 2 aliphatic rings. The normalized spacial score (nSPS) is 15.8. The van der Waals surface area contributed by atoms with E-state index in [1.54, 1.807) is 6.07 Å².